The van der Waals surface area contributed by atoms with E-state index in [1.54, 1.807) is 0 Å². The van der Waals surface area contributed by atoms with Gasteiger partial charge in [-0.25, -0.2) is 0 Å². The average Bonchev–Trinajstić information content (AvgIpc) is 1.65. The van der Waals surface area contributed by atoms with Crippen LogP contribution in [-0.2, 0) is 9.59 Å². The van der Waals surface area contributed by atoms with Gasteiger partial charge in [-0.2, -0.15) is 0 Å². The van der Waals surface area contributed by atoms with E-state index in [9.17, 15) is 9.59 Å². The molecular formula is C6H8O2. The molecule has 0 aliphatic rings. The molecule has 0 heterocycles. The molecule has 8 heavy (non-hydrogen) atoms. The average molecular weight is 112 g/mol. The summed E-state index contributed by atoms with van der Waals surface area (Å²) in [5, 5.41) is 0. The third-order valence-corrected chi connectivity index (χ3v) is 0.651. The zero-order valence-electron chi connectivity index (χ0n) is 4.81. The van der Waals surface area contributed by atoms with Crippen LogP contribution in [0, 0.1) is 0 Å². The van der Waals surface area contributed by atoms with E-state index in [-0.39, 0.29) is 18.0 Å². The number of carbonyl (C=O) groups excluding carboxylic acids is 2. The third-order valence-electron chi connectivity index (χ3n) is 0.651. The van der Waals surface area contributed by atoms with E-state index in [0.29, 0.717) is 0 Å². The molecule has 0 aromatic heterocycles. The van der Waals surface area contributed by atoms with Gasteiger partial charge < -0.3 is 0 Å². The lowest BCUT2D eigenvalue weighted by Crippen LogP contribution is -1.99. The van der Waals surface area contributed by atoms with Gasteiger partial charge in [0.1, 0.15) is 5.78 Å². The Bertz CT molecular complexity index is 124. The molecule has 0 unspecified atom stereocenters. The Labute approximate surface area is 48.2 Å². The summed E-state index contributed by atoms with van der Waals surface area (Å²) in [6.07, 6.45) is 1.14. The van der Waals surface area contributed by atoms with Crippen LogP contribution < -0.4 is 0 Å². The number of ketones is 2. The van der Waals surface area contributed by atoms with Gasteiger partial charge in [0.2, 0.25) is 0 Å². The number of Topliss-reactive ketones (excluding diaryl/α,β-unsaturated/α-hetero) is 1. The highest BCUT2D eigenvalue weighted by Gasteiger charge is 1.97. The van der Waals surface area contributed by atoms with Crippen LogP contribution in [0.15, 0.2) is 12.7 Å². The van der Waals surface area contributed by atoms with Gasteiger partial charge in [0.25, 0.3) is 0 Å². The largest absolute Gasteiger partial charge is 0.300 e. The molecule has 2 heteroatoms. The Balaban J connectivity index is 3.55. The number of carbonyl (C=O) groups is 2. The number of rotatable bonds is 3. The highest BCUT2D eigenvalue weighted by atomic mass is 16.1. The highest BCUT2D eigenvalue weighted by Crippen LogP contribution is 1.83. The van der Waals surface area contributed by atoms with Crippen molar-refractivity contribution in [1.82, 2.24) is 0 Å². The summed E-state index contributed by atoms with van der Waals surface area (Å²) in [5.74, 6) is -0.326. The van der Waals surface area contributed by atoms with Crippen LogP contribution in [0.3, 0.4) is 0 Å². The Hall–Kier alpha value is -0.920. The van der Waals surface area contributed by atoms with Gasteiger partial charge in [0, 0.05) is 0 Å². The van der Waals surface area contributed by atoms with E-state index < -0.39 is 0 Å². The van der Waals surface area contributed by atoms with Gasteiger partial charge in [-0.15, -0.1) is 0 Å². The predicted octanol–water partition coefficient (Wildman–Crippen LogP) is 0.721. The topological polar surface area (TPSA) is 34.1 Å². The molecule has 44 valence electrons. The molecule has 0 fully saturated rings. The van der Waals surface area contributed by atoms with E-state index >= 15 is 0 Å². The van der Waals surface area contributed by atoms with E-state index in [4.69, 9.17) is 0 Å². The fourth-order valence-corrected chi connectivity index (χ4v) is 0.318. The lowest BCUT2D eigenvalue weighted by atomic mass is 10.2. The minimum atomic E-state index is -0.211. The second-order valence-corrected chi connectivity index (χ2v) is 1.55. The summed E-state index contributed by atoms with van der Waals surface area (Å²) < 4.78 is 0. The second kappa shape index (κ2) is 3.13. The SMILES string of the molecule is C=CC(=O)CC(C)=O. The Morgan fingerprint density at radius 3 is 2.25 bits per heavy atom. The molecule has 0 aliphatic heterocycles. The third kappa shape index (κ3) is 3.28. The Morgan fingerprint density at radius 2 is 2.12 bits per heavy atom. The normalized spacial score (nSPS) is 8.12. The molecule has 0 saturated heterocycles. The number of allylic oxidation sites excluding steroid dienone is 1. The van der Waals surface area contributed by atoms with Crippen LogP contribution in [0.2, 0.25) is 0 Å². The monoisotopic (exact) mass is 112 g/mol. The van der Waals surface area contributed by atoms with Crippen molar-refractivity contribution in [3.8, 4) is 0 Å². The molecule has 0 saturated carbocycles. The van der Waals surface area contributed by atoms with Crippen molar-refractivity contribution in [3.63, 3.8) is 0 Å². The fourth-order valence-electron chi connectivity index (χ4n) is 0.318. The molecule has 0 spiro atoms. The Kier molecular flexibility index (Phi) is 2.77. The fraction of sp³-hybridized carbons (Fsp3) is 0.333. The van der Waals surface area contributed by atoms with Crippen LogP contribution >= 0.6 is 0 Å². The quantitative estimate of drug-likeness (QED) is 0.398. The number of hydrogen-bond acceptors (Lipinski definition) is 2. The summed E-state index contributed by atoms with van der Waals surface area (Å²) in [5.41, 5.74) is 0. The molecule has 0 amide bonds. The van der Waals surface area contributed by atoms with Gasteiger partial charge in [-0.05, 0) is 13.0 Å². The zero-order chi connectivity index (χ0) is 6.57. The zero-order valence-corrected chi connectivity index (χ0v) is 4.81. The molecule has 0 atom stereocenters. The van der Waals surface area contributed by atoms with Gasteiger partial charge in [0.05, 0.1) is 6.42 Å². The predicted molar refractivity (Wildman–Crippen MR) is 30.5 cm³/mol. The molecular weight excluding hydrogens is 104 g/mol. The maximum absolute atomic E-state index is 10.3. The summed E-state index contributed by atoms with van der Waals surface area (Å²) in [4.78, 5) is 20.4. The first-order valence-corrected chi connectivity index (χ1v) is 2.31. The van der Waals surface area contributed by atoms with Crippen molar-refractivity contribution in [2.45, 2.75) is 13.3 Å². The van der Waals surface area contributed by atoms with Gasteiger partial charge in [-0.3, -0.25) is 9.59 Å². The molecule has 0 N–H and O–H groups in total. The molecule has 2 nitrogen and oxygen atoms in total. The smallest absolute Gasteiger partial charge is 0.162 e. The van der Waals surface area contributed by atoms with Gasteiger partial charge in [0.15, 0.2) is 5.78 Å². The van der Waals surface area contributed by atoms with E-state index in [0.717, 1.165) is 6.08 Å². The summed E-state index contributed by atoms with van der Waals surface area (Å²) in [6, 6.07) is 0. The maximum Gasteiger partial charge on any atom is 0.162 e. The number of hydrogen-bond donors (Lipinski definition) is 0. The standard InChI is InChI=1S/C6H8O2/c1-3-6(8)4-5(2)7/h3H,1,4H2,2H3. The highest BCUT2D eigenvalue weighted by molar-refractivity contribution is 6.03. The Morgan fingerprint density at radius 1 is 1.62 bits per heavy atom. The van der Waals surface area contributed by atoms with Crippen LogP contribution in [0.4, 0.5) is 0 Å². The molecule has 0 aromatic rings. The van der Waals surface area contributed by atoms with Crippen molar-refractivity contribution in [2.75, 3.05) is 0 Å². The summed E-state index contributed by atoms with van der Waals surface area (Å²) >= 11 is 0. The summed E-state index contributed by atoms with van der Waals surface area (Å²) in [7, 11) is 0. The molecule has 0 radical (unpaired) electrons. The van der Waals surface area contributed by atoms with Crippen molar-refractivity contribution >= 4 is 11.6 Å². The van der Waals surface area contributed by atoms with Crippen LogP contribution in [0.25, 0.3) is 0 Å². The molecule has 0 rings (SSSR count). The van der Waals surface area contributed by atoms with Crippen LogP contribution in [0.1, 0.15) is 13.3 Å². The van der Waals surface area contributed by atoms with Gasteiger partial charge >= 0.3 is 0 Å². The molecule has 0 aromatic carbocycles. The first kappa shape index (κ1) is 7.08. The lowest BCUT2D eigenvalue weighted by Gasteiger charge is -1.83. The van der Waals surface area contributed by atoms with E-state index in [2.05, 4.69) is 6.58 Å². The van der Waals surface area contributed by atoms with Gasteiger partial charge in [-0.1, -0.05) is 6.58 Å². The van der Waals surface area contributed by atoms with Crippen LogP contribution in [-0.4, -0.2) is 11.6 Å². The summed E-state index contributed by atoms with van der Waals surface area (Å²) in [6.45, 7) is 4.59. The molecule has 0 bridgehead atoms. The lowest BCUT2D eigenvalue weighted by molar-refractivity contribution is -0.123. The van der Waals surface area contributed by atoms with Crippen LogP contribution in [0.5, 0.6) is 0 Å². The first-order valence-electron chi connectivity index (χ1n) is 2.31. The van der Waals surface area contributed by atoms with E-state index in [1.807, 2.05) is 0 Å². The van der Waals surface area contributed by atoms with Crippen molar-refractivity contribution in [1.29, 1.82) is 0 Å². The van der Waals surface area contributed by atoms with Crippen molar-refractivity contribution in [2.24, 2.45) is 0 Å². The minimum absolute atomic E-state index is 0.0104. The minimum Gasteiger partial charge on any atom is -0.300 e. The van der Waals surface area contributed by atoms with E-state index in [1.165, 1.54) is 6.92 Å². The maximum atomic E-state index is 10.3. The first-order chi connectivity index (χ1) is 3.66. The molecule has 0 aliphatic carbocycles. The van der Waals surface area contributed by atoms with Crippen molar-refractivity contribution in [3.05, 3.63) is 12.7 Å². The second-order valence-electron chi connectivity index (χ2n) is 1.55. The van der Waals surface area contributed by atoms with Crippen molar-refractivity contribution < 1.29 is 9.59 Å².